The highest BCUT2D eigenvalue weighted by atomic mass is 32.1. The standard InChI is InChI=1S/C20H17N9S/c1-2-4-16(5-3-1)13-28-11-10-18(25-28)22-20-24-23-19(30-20)12-15-6-8-17(9-7-15)29-14-21-26-27-29/h1-11,14H,12-13H2,(H,22,24,25). The van der Waals surface area contributed by atoms with Crippen molar-refractivity contribution >= 4 is 22.3 Å². The molecule has 9 nitrogen and oxygen atoms in total. The van der Waals surface area contributed by atoms with Gasteiger partial charge in [-0.1, -0.05) is 53.8 Å². The maximum Gasteiger partial charge on any atom is 0.211 e. The van der Waals surface area contributed by atoms with Gasteiger partial charge in [0.25, 0.3) is 0 Å². The van der Waals surface area contributed by atoms with E-state index in [1.54, 1.807) is 11.0 Å². The van der Waals surface area contributed by atoms with Gasteiger partial charge in [-0.2, -0.15) is 5.10 Å². The molecule has 0 saturated heterocycles. The van der Waals surface area contributed by atoms with Gasteiger partial charge in [0.15, 0.2) is 5.82 Å². The zero-order valence-electron chi connectivity index (χ0n) is 15.8. The molecule has 10 heteroatoms. The molecule has 5 rings (SSSR count). The van der Waals surface area contributed by atoms with Crippen molar-refractivity contribution in [1.82, 2.24) is 40.2 Å². The molecule has 0 unspecified atom stereocenters. The van der Waals surface area contributed by atoms with E-state index in [4.69, 9.17) is 0 Å². The van der Waals surface area contributed by atoms with Crippen molar-refractivity contribution in [2.75, 3.05) is 5.32 Å². The van der Waals surface area contributed by atoms with Gasteiger partial charge in [-0.25, -0.2) is 4.68 Å². The molecule has 5 aromatic rings. The van der Waals surface area contributed by atoms with E-state index in [9.17, 15) is 0 Å². The second kappa shape index (κ2) is 8.21. The third kappa shape index (κ3) is 4.23. The predicted octanol–water partition coefficient (Wildman–Crippen LogP) is 3.09. The first-order valence-corrected chi connectivity index (χ1v) is 10.1. The zero-order valence-corrected chi connectivity index (χ0v) is 16.6. The first kappa shape index (κ1) is 18.1. The van der Waals surface area contributed by atoms with Crippen molar-refractivity contribution in [2.24, 2.45) is 0 Å². The Hall–Kier alpha value is -3.92. The molecule has 2 aromatic carbocycles. The molecular weight excluding hydrogens is 398 g/mol. The molecule has 0 spiro atoms. The fourth-order valence-electron chi connectivity index (χ4n) is 2.99. The Balaban J connectivity index is 1.21. The third-order valence-electron chi connectivity index (χ3n) is 4.44. The fraction of sp³-hybridized carbons (Fsp3) is 0.100. The summed E-state index contributed by atoms with van der Waals surface area (Å²) in [5, 5.41) is 29.1. The minimum atomic E-state index is 0.706. The maximum absolute atomic E-state index is 4.55. The molecule has 0 bridgehead atoms. The topological polar surface area (TPSA) is 99.2 Å². The van der Waals surface area contributed by atoms with Gasteiger partial charge >= 0.3 is 0 Å². The number of hydrogen-bond donors (Lipinski definition) is 1. The molecule has 0 aliphatic rings. The molecule has 3 aromatic heterocycles. The highest BCUT2D eigenvalue weighted by molar-refractivity contribution is 7.15. The van der Waals surface area contributed by atoms with Gasteiger partial charge in [-0.3, -0.25) is 4.68 Å². The van der Waals surface area contributed by atoms with Crippen LogP contribution in [-0.4, -0.2) is 40.2 Å². The first-order valence-electron chi connectivity index (χ1n) is 9.31. The number of hydrogen-bond acceptors (Lipinski definition) is 8. The summed E-state index contributed by atoms with van der Waals surface area (Å²) in [5.41, 5.74) is 3.26. The molecule has 0 radical (unpaired) electrons. The van der Waals surface area contributed by atoms with Crippen molar-refractivity contribution in [1.29, 1.82) is 0 Å². The Morgan fingerprint density at radius 1 is 0.900 bits per heavy atom. The lowest BCUT2D eigenvalue weighted by atomic mass is 10.1. The van der Waals surface area contributed by atoms with E-state index in [0.717, 1.165) is 33.8 Å². The van der Waals surface area contributed by atoms with Crippen LogP contribution in [0.5, 0.6) is 0 Å². The van der Waals surface area contributed by atoms with Crippen LogP contribution in [0.2, 0.25) is 0 Å². The van der Waals surface area contributed by atoms with Crippen LogP contribution < -0.4 is 5.32 Å². The third-order valence-corrected chi connectivity index (χ3v) is 5.27. The summed E-state index contributed by atoms with van der Waals surface area (Å²) in [6.07, 6.45) is 4.22. The average molecular weight is 415 g/mol. The molecule has 0 saturated carbocycles. The molecule has 0 aliphatic heterocycles. The van der Waals surface area contributed by atoms with Crippen LogP contribution in [0.4, 0.5) is 10.9 Å². The number of anilines is 2. The SMILES string of the molecule is c1ccc(Cn2ccc(Nc3nnc(Cc4ccc(-n5cnnn5)cc4)s3)n2)cc1. The Morgan fingerprint density at radius 3 is 2.57 bits per heavy atom. The number of benzene rings is 2. The predicted molar refractivity (Wildman–Crippen MR) is 113 cm³/mol. The number of rotatable bonds is 7. The highest BCUT2D eigenvalue weighted by Crippen LogP contribution is 2.22. The van der Waals surface area contributed by atoms with E-state index in [1.165, 1.54) is 16.9 Å². The fourth-order valence-corrected chi connectivity index (χ4v) is 3.77. The van der Waals surface area contributed by atoms with E-state index in [1.807, 2.05) is 59.4 Å². The summed E-state index contributed by atoms with van der Waals surface area (Å²) in [4.78, 5) is 0. The van der Waals surface area contributed by atoms with Crippen molar-refractivity contribution in [3.05, 3.63) is 89.3 Å². The van der Waals surface area contributed by atoms with E-state index < -0.39 is 0 Å². The highest BCUT2D eigenvalue weighted by Gasteiger charge is 2.08. The van der Waals surface area contributed by atoms with Gasteiger partial charge in [0.05, 0.1) is 12.2 Å². The van der Waals surface area contributed by atoms with E-state index in [0.29, 0.717) is 6.42 Å². The minimum absolute atomic E-state index is 0.706. The molecule has 0 fully saturated rings. The van der Waals surface area contributed by atoms with E-state index in [2.05, 4.69) is 48.3 Å². The lowest BCUT2D eigenvalue weighted by molar-refractivity contribution is 0.689. The van der Waals surface area contributed by atoms with Crippen molar-refractivity contribution in [3.8, 4) is 5.69 Å². The van der Waals surface area contributed by atoms with Crippen molar-refractivity contribution in [2.45, 2.75) is 13.0 Å². The molecular formula is C20H17N9S. The molecule has 0 atom stereocenters. The number of tetrazole rings is 1. The van der Waals surface area contributed by atoms with Crippen LogP contribution in [0.3, 0.4) is 0 Å². The summed E-state index contributed by atoms with van der Waals surface area (Å²) in [6.45, 7) is 0.727. The van der Waals surface area contributed by atoms with Crippen LogP contribution in [0.1, 0.15) is 16.1 Å². The smallest absolute Gasteiger partial charge is 0.211 e. The summed E-state index contributed by atoms with van der Waals surface area (Å²) >= 11 is 1.52. The van der Waals surface area contributed by atoms with Gasteiger partial charge in [0, 0.05) is 18.7 Å². The normalized spacial score (nSPS) is 10.9. The maximum atomic E-state index is 4.55. The van der Waals surface area contributed by atoms with Gasteiger partial charge in [-0.05, 0) is 33.7 Å². The van der Waals surface area contributed by atoms with Crippen LogP contribution in [0, 0.1) is 0 Å². The van der Waals surface area contributed by atoms with Gasteiger partial charge in [-0.15, -0.1) is 15.3 Å². The Bertz CT molecular complexity index is 1210. The molecule has 30 heavy (non-hydrogen) atoms. The number of aromatic nitrogens is 8. The van der Waals surface area contributed by atoms with Gasteiger partial charge in [0.2, 0.25) is 5.13 Å². The second-order valence-electron chi connectivity index (χ2n) is 6.61. The molecule has 3 heterocycles. The average Bonchev–Trinajstić information content (AvgIpc) is 3.53. The van der Waals surface area contributed by atoms with Crippen LogP contribution in [-0.2, 0) is 13.0 Å². The minimum Gasteiger partial charge on any atom is -0.313 e. The first-order chi connectivity index (χ1) is 14.8. The van der Waals surface area contributed by atoms with Crippen molar-refractivity contribution < 1.29 is 0 Å². The molecule has 148 valence electrons. The largest absolute Gasteiger partial charge is 0.313 e. The summed E-state index contributed by atoms with van der Waals surface area (Å²) < 4.78 is 3.51. The Kier molecular flexibility index (Phi) is 4.96. The summed E-state index contributed by atoms with van der Waals surface area (Å²) in [7, 11) is 0. The quantitative estimate of drug-likeness (QED) is 0.436. The number of nitrogens with zero attached hydrogens (tertiary/aromatic N) is 8. The lowest BCUT2D eigenvalue weighted by Gasteiger charge is -2.01. The Morgan fingerprint density at radius 2 is 1.77 bits per heavy atom. The Labute approximate surface area is 176 Å². The molecule has 0 amide bonds. The lowest BCUT2D eigenvalue weighted by Crippen LogP contribution is -2.01. The second-order valence-corrected chi connectivity index (χ2v) is 7.67. The van der Waals surface area contributed by atoms with E-state index >= 15 is 0 Å². The van der Waals surface area contributed by atoms with E-state index in [-0.39, 0.29) is 0 Å². The van der Waals surface area contributed by atoms with Gasteiger partial charge in [0.1, 0.15) is 11.3 Å². The number of nitrogens with one attached hydrogen (secondary N) is 1. The van der Waals surface area contributed by atoms with Crippen LogP contribution >= 0.6 is 11.3 Å². The van der Waals surface area contributed by atoms with Crippen LogP contribution in [0.25, 0.3) is 5.69 Å². The summed E-state index contributed by atoms with van der Waals surface area (Å²) in [6, 6.07) is 20.2. The summed E-state index contributed by atoms with van der Waals surface area (Å²) in [5.74, 6) is 0.749. The zero-order chi connectivity index (χ0) is 20.2. The van der Waals surface area contributed by atoms with Crippen LogP contribution in [0.15, 0.2) is 73.2 Å². The molecule has 1 N–H and O–H groups in total. The van der Waals surface area contributed by atoms with Crippen molar-refractivity contribution in [3.63, 3.8) is 0 Å². The molecule has 0 aliphatic carbocycles. The van der Waals surface area contributed by atoms with Gasteiger partial charge < -0.3 is 5.32 Å². The monoisotopic (exact) mass is 415 g/mol.